The third kappa shape index (κ3) is 7.45. The summed E-state index contributed by atoms with van der Waals surface area (Å²) < 4.78 is 0. The highest BCUT2D eigenvalue weighted by atomic mass is 16.2. The highest BCUT2D eigenvalue weighted by molar-refractivity contribution is 5.88. The lowest BCUT2D eigenvalue weighted by Gasteiger charge is -2.33. The molecule has 1 fully saturated rings. The molecular formula is C29H40N2O2. The molecule has 1 aliphatic rings. The van der Waals surface area contributed by atoms with Gasteiger partial charge >= 0.3 is 0 Å². The van der Waals surface area contributed by atoms with Gasteiger partial charge in [0.15, 0.2) is 0 Å². The molecule has 3 rings (SSSR count). The van der Waals surface area contributed by atoms with Crippen molar-refractivity contribution in [2.75, 3.05) is 0 Å². The van der Waals surface area contributed by atoms with E-state index in [0.717, 1.165) is 24.0 Å². The van der Waals surface area contributed by atoms with Crippen LogP contribution in [-0.4, -0.2) is 28.8 Å². The third-order valence-corrected chi connectivity index (χ3v) is 6.81. The summed E-state index contributed by atoms with van der Waals surface area (Å²) in [5, 5.41) is 3.25. The summed E-state index contributed by atoms with van der Waals surface area (Å²) in [7, 11) is 0. The van der Waals surface area contributed by atoms with Crippen LogP contribution in [0.4, 0.5) is 0 Å². The molecule has 0 bridgehead atoms. The van der Waals surface area contributed by atoms with Crippen LogP contribution in [0.2, 0.25) is 0 Å². The average molecular weight is 449 g/mol. The van der Waals surface area contributed by atoms with E-state index in [1.54, 1.807) is 4.90 Å². The Morgan fingerprint density at radius 3 is 2.21 bits per heavy atom. The number of aryl methyl sites for hydroxylation is 1. The Bertz CT molecular complexity index is 870. The Labute approximate surface area is 199 Å². The van der Waals surface area contributed by atoms with Crippen molar-refractivity contribution >= 4 is 11.8 Å². The molecule has 0 aromatic heterocycles. The predicted octanol–water partition coefficient (Wildman–Crippen LogP) is 6.00. The SMILES string of the molecule is CCC(C(=O)NC1CCCCC1)N(Cc1ccccc1)C(=O)CCc1ccc(C(C)C)cc1. The Morgan fingerprint density at radius 2 is 1.61 bits per heavy atom. The van der Waals surface area contributed by atoms with Gasteiger partial charge in [0.1, 0.15) is 6.04 Å². The molecule has 4 nitrogen and oxygen atoms in total. The molecule has 33 heavy (non-hydrogen) atoms. The van der Waals surface area contributed by atoms with E-state index in [-0.39, 0.29) is 17.9 Å². The molecular weight excluding hydrogens is 408 g/mol. The zero-order valence-electron chi connectivity index (χ0n) is 20.6. The molecule has 0 radical (unpaired) electrons. The maximum Gasteiger partial charge on any atom is 0.243 e. The minimum Gasteiger partial charge on any atom is -0.352 e. The van der Waals surface area contributed by atoms with Crippen LogP contribution >= 0.6 is 0 Å². The third-order valence-electron chi connectivity index (χ3n) is 6.81. The number of amides is 2. The van der Waals surface area contributed by atoms with Gasteiger partial charge in [-0.3, -0.25) is 9.59 Å². The van der Waals surface area contributed by atoms with Crippen molar-refractivity contribution in [3.8, 4) is 0 Å². The molecule has 1 saturated carbocycles. The minimum atomic E-state index is -0.442. The fourth-order valence-electron chi connectivity index (χ4n) is 4.71. The summed E-state index contributed by atoms with van der Waals surface area (Å²) in [6, 6.07) is 18.3. The molecule has 1 atom stereocenters. The van der Waals surface area contributed by atoms with Crippen LogP contribution in [0.3, 0.4) is 0 Å². The maximum atomic E-state index is 13.4. The van der Waals surface area contributed by atoms with Crippen molar-refractivity contribution in [3.05, 3.63) is 71.3 Å². The number of carbonyl (C=O) groups excluding carboxylic acids is 2. The number of rotatable bonds is 10. The average Bonchev–Trinajstić information content (AvgIpc) is 2.84. The van der Waals surface area contributed by atoms with E-state index in [2.05, 4.69) is 43.4 Å². The van der Waals surface area contributed by atoms with Crippen LogP contribution in [0, 0.1) is 0 Å². The van der Waals surface area contributed by atoms with Crippen LogP contribution in [0.15, 0.2) is 54.6 Å². The molecule has 2 aromatic rings. The summed E-state index contributed by atoms with van der Waals surface area (Å²) in [5.74, 6) is 0.530. The quantitative estimate of drug-likeness (QED) is 0.485. The summed E-state index contributed by atoms with van der Waals surface area (Å²) in [4.78, 5) is 28.5. The number of nitrogens with zero attached hydrogens (tertiary/aromatic N) is 1. The van der Waals surface area contributed by atoms with E-state index < -0.39 is 6.04 Å². The molecule has 0 saturated heterocycles. The van der Waals surface area contributed by atoms with E-state index in [1.165, 1.54) is 24.8 Å². The Hall–Kier alpha value is -2.62. The molecule has 0 spiro atoms. The van der Waals surface area contributed by atoms with E-state index in [4.69, 9.17) is 0 Å². The first-order valence-electron chi connectivity index (χ1n) is 12.7. The maximum absolute atomic E-state index is 13.4. The van der Waals surface area contributed by atoms with Gasteiger partial charge in [0, 0.05) is 19.0 Å². The van der Waals surface area contributed by atoms with Crippen molar-refractivity contribution in [3.63, 3.8) is 0 Å². The Morgan fingerprint density at radius 1 is 0.939 bits per heavy atom. The highest BCUT2D eigenvalue weighted by Crippen LogP contribution is 2.20. The molecule has 0 heterocycles. The lowest BCUT2D eigenvalue weighted by atomic mass is 9.95. The highest BCUT2D eigenvalue weighted by Gasteiger charge is 2.30. The zero-order chi connectivity index (χ0) is 23.6. The second-order valence-electron chi connectivity index (χ2n) is 9.67. The first-order chi connectivity index (χ1) is 16.0. The van der Waals surface area contributed by atoms with E-state index in [0.29, 0.717) is 31.7 Å². The molecule has 1 N–H and O–H groups in total. The number of benzene rings is 2. The number of nitrogens with one attached hydrogen (secondary N) is 1. The van der Waals surface area contributed by atoms with E-state index >= 15 is 0 Å². The largest absolute Gasteiger partial charge is 0.352 e. The topological polar surface area (TPSA) is 49.4 Å². The monoisotopic (exact) mass is 448 g/mol. The van der Waals surface area contributed by atoms with Crippen molar-refractivity contribution < 1.29 is 9.59 Å². The van der Waals surface area contributed by atoms with Gasteiger partial charge in [-0.2, -0.15) is 0 Å². The van der Waals surface area contributed by atoms with Gasteiger partial charge in [0.25, 0.3) is 0 Å². The van der Waals surface area contributed by atoms with Gasteiger partial charge in [-0.25, -0.2) is 0 Å². The standard InChI is InChI=1S/C29H40N2O2/c1-4-27(29(33)30-26-13-9-6-10-14-26)31(21-24-11-7-5-8-12-24)28(32)20-17-23-15-18-25(19-16-23)22(2)3/h5,7-8,11-12,15-16,18-19,22,26-27H,4,6,9-10,13-14,17,20-21H2,1-3H3,(H,30,33). The van der Waals surface area contributed by atoms with Crippen LogP contribution in [0.25, 0.3) is 0 Å². The van der Waals surface area contributed by atoms with E-state index in [1.807, 2.05) is 37.3 Å². The second kappa shape index (κ2) is 12.6. The predicted molar refractivity (Wildman–Crippen MR) is 135 cm³/mol. The second-order valence-corrected chi connectivity index (χ2v) is 9.67. The molecule has 2 amide bonds. The first kappa shape index (κ1) is 25.0. The van der Waals surface area contributed by atoms with Gasteiger partial charge in [-0.1, -0.05) is 94.6 Å². The number of carbonyl (C=O) groups is 2. The fourth-order valence-corrected chi connectivity index (χ4v) is 4.71. The van der Waals surface area contributed by atoms with E-state index in [9.17, 15) is 9.59 Å². The molecule has 4 heteroatoms. The van der Waals surface area contributed by atoms with Gasteiger partial charge in [0.2, 0.25) is 11.8 Å². The number of hydrogen-bond donors (Lipinski definition) is 1. The fraction of sp³-hybridized carbons (Fsp3) is 0.517. The number of hydrogen-bond acceptors (Lipinski definition) is 2. The molecule has 0 aliphatic heterocycles. The lowest BCUT2D eigenvalue weighted by Crippen LogP contribution is -2.51. The van der Waals surface area contributed by atoms with Crippen LogP contribution < -0.4 is 5.32 Å². The summed E-state index contributed by atoms with van der Waals surface area (Å²) in [5.41, 5.74) is 3.52. The minimum absolute atomic E-state index is 0.00466. The van der Waals surface area contributed by atoms with Crippen LogP contribution in [-0.2, 0) is 22.6 Å². The zero-order valence-corrected chi connectivity index (χ0v) is 20.6. The molecule has 1 unspecified atom stereocenters. The van der Waals surface area contributed by atoms with Gasteiger partial charge in [0.05, 0.1) is 0 Å². The van der Waals surface area contributed by atoms with Crippen molar-refractivity contribution in [2.24, 2.45) is 0 Å². The summed E-state index contributed by atoms with van der Waals surface area (Å²) in [6.07, 6.45) is 7.38. The van der Waals surface area contributed by atoms with Crippen LogP contribution in [0.1, 0.15) is 88.3 Å². The Balaban J connectivity index is 1.71. The van der Waals surface area contributed by atoms with Gasteiger partial charge in [-0.15, -0.1) is 0 Å². The molecule has 178 valence electrons. The lowest BCUT2D eigenvalue weighted by molar-refractivity contribution is -0.141. The summed E-state index contributed by atoms with van der Waals surface area (Å²) >= 11 is 0. The molecule has 1 aliphatic carbocycles. The van der Waals surface area contributed by atoms with Crippen molar-refractivity contribution in [2.45, 2.75) is 96.7 Å². The van der Waals surface area contributed by atoms with Crippen molar-refractivity contribution in [1.82, 2.24) is 10.2 Å². The van der Waals surface area contributed by atoms with Gasteiger partial charge in [-0.05, 0) is 48.3 Å². The summed E-state index contributed by atoms with van der Waals surface area (Å²) in [6.45, 7) is 6.83. The normalized spacial score (nSPS) is 15.3. The van der Waals surface area contributed by atoms with Crippen molar-refractivity contribution in [1.29, 1.82) is 0 Å². The van der Waals surface area contributed by atoms with Crippen LogP contribution in [0.5, 0.6) is 0 Å². The smallest absolute Gasteiger partial charge is 0.243 e. The Kier molecular flexibility index (Phi) is 9.53. The first-order valence-corrected chi connectivity index (χ1v) is 12.7. The molecule has 2 aromatic carbocycles. The van der Waals surface area contributed by atoms with Gasteiger partial charge < -0.3 is 10.2 Å².